The first kappa shape index (κ1) is 37.9. The van der Waals surface area contributed by atoms with Crippen LogP contribution in [-0.4, -0.2) is 15.7 Å². The SMILES string of the molecule is [B]C(c1ccccc1C([B])(C12CC3CC(C)(CC(C)(C3)C1)C2)C12CC3CC(C)(CC(C)(C3)C1)C2)(C12CC3CC(C)(CC(C)(C3)C1)C2)C12CC3CC(C)(CC(C)(C3)C1)C2. The molecule has 0 spiro atoms. The summed E-state index contributed by atoms with van der Waals surface area (Å²) in [6, 6.07) is 10.4. The summed E-state index contributed by atoms with van der Waals surface area (Å²) in [4.78, 5) is 0. The van der Waals surface area contributed by atoms with Crippen molar-refractivity contribution in [2.45, 2.75) is 220 Å². The Morgan fingerprint density at radius 2 is 0.517 bits per heavy atom. The van der Waals surface area contributed by atoms with Crippen molar-refractivity contribution in [2.24, 2.45) is 88.7 Å². The monoisotopic (exact) mass is 775 g/mol. The van der Waals surface area contributed by atoms with Gasteiger partial charge in [-0.25, -0.2) is 0 Å². The zero-order valence-corrected chi connectivity index (χ0v) is 38.7. The molecule has 0 N–H and O–H groups in total. The molecular weight excluding hydrogens is 694 g/mol. The summed E-state index contributed by atoms with van der Waals surface area (Å²) in [6.07, 6.45) is 33.5. The normalized spacial score (nSPS) is 62.1. The van der Waals surface area contributed by atoms with Crippen LogP contribution in [0.15, 0.2) is 24.3 Å². The van der Waals surface area contributed by atoms with Crippen molar-refractivity contribution in [3.63, 3.8) is 0 Å². The molecule has 310 valence electrons. The van der Waals surface area contributed by atoms with E-state index < -0.39 is 0 Å². The maximum absolute atomic E-state index is 9.38. The van der Waals surface area contributed by atoms with Crippen molar-refractivity contribution >= 4 is 15.7 Å². The molecule has 0 heterocycles. The van der Waals surface area contributed by atoms with E-state index in [1.807, 2.05) is 0 Å². The molecule has 8 unspecified atom stereocenters. The van der Waals surface area contributed by atoms with Crippen molar-refractivity contribution in [3.05, 3.63) is 35.4 Å². The molecule has 0 aromatic heterocycles. The lowest BCUT2D eigenvalue weighted by Gasteiger charge is -2.79. The molecule has 16 fully saturated rings. The van der Waals surface area contributed by atoms with Gasteiger partial charge in [0.15, 0.2) is 0 Å². The quantitative estimate of drug-likeness (QED) is 0.253. The molecule has 2 heteroatoms. The van der Waals surface area contributed by atoms with Crippen LogP contribution in [0.4, 0.5) is 0 Å². The summed E-state index contributed by atoms with van der Waals surface area (Å²) >= 11 is 0. The lowest BCUT2D eigenvalue weighted by molar-refractivity contribution is -0.232. The van der Waals surface area contributed by atoms with Crippen LogP contribution in [0.25, 0.3) is 0 Å². The highest BCUT2D eigenvalue weighted by atomic mass is 14.8. The maximum atomic E-state index is 9.38. The summed E-state index contributed by atoms with van der Waals surface area (Å²) in [5, 5.41) is -0.755. The predicted octanol–water partition coefficient (Wildman–Crippen LogP) is 14.4. The zero-order chi connectivity index (χ0) is 40.3. The molecule has 17 rings (SSSR count). The number of hydrogen-bond acceptors (Lipinski definition) is 0. The molecule has 16 aliphatic rings. The summed E-state index contributed by atoms with van der Waals surface area (Å²) in [5.74, 6) is 3.32. The lowest BCUT2D eigenvalue weighted by Crippen LogP contribution is -2.73. The molecule has 16 aliphatic carbocycles. The van der Waals surface area contributed by atoms with Gasteiger partial charge in [0.05, 0.1) is 15.7 Å². The Labute approximate surface area is 358 Å². The van der Waals surface area contributed by atoms with E-state index in [9.17, 15) is 15.7 Å². The van der Waals surface area contributed by atoms with Gasteiger partial charge in [-0.2, -0.15) is 0 Å². The second-order valence-corrected chi connectivity index (χ2v) is 30.8. The Morgan fingerprint density at radius 1 is 0.328 bits per heavy atom. The molecule has 58 heavy (non-hydrogen) atoms. The standard InChI is InChI=1S/C56H80B2/c1-43-13-37-14-44(2,25-43)30-51(21-37,29-43)55(57,52-22-38-15-45(3,31-52)26-46(4,16-38)32-52)41-11-9-10-12-42(41)56(58,53-23-39-17-47(5,33-53)27-48(6,18-39)34-53)54-24-40-19-49(7,35-54)28-50(8,20-40)36-54/h9-12,37-40H,13-36H2,1-8H3. The fourth-order valence-corrected chi connectivity index (χ4v) is 27.0. The van der Waals surface area contributed by atoms with Crippen LogP contribution in [0, 0.1) is 88.7 Å². The van der Waals surface area contributed by atoms with Crippen molar-refractivity contribution in [2.75, 3.05) is 0 Å². The minimum absolute atomic E-state index is 0.129. The molecule has 1 aromatic rings. The molecule has 8 atom stereocenters. The Morgan fingerprint density at radius 3 is 0.690 bits per heavy atom. The molecule has 4 radical (unpaired) electrons. The van der Waals surface area contributed by atoms with E-state index in [-0.39, 0.29) is 32.3 Å². The molecule has 0 nitrogen and oxygen atoms in total. The lowest BCUT2D eigenvalue weighted by atomic mass is 9.21. The van der Waals surface area contributed by atoms with Crippen LogP contribution >= 0.6 is 0 Å². The van der Waals surface area contributed by atoms with Crippen molar-refractivity contribution in [1.29, 1.82) is 0 Å². The molecule has 16 saturated carbocycles. The molecule has 16 bridgehead atoms. The van der Waals surface area contributed by atoms with Gasteiger partial charge >= 0.3 is 0 Å². The van der Waals surface area contributed by atoms with Crippen LogP contribution in [0.1, 0.15) is 221 Å². The van der Waals surface area contributed by atoms with Gasteiger partial charge in [0, 0.05) is 0 Å². The van der Waals surface area contributed by atoms with Crippen molar-refractivity contribution < 1.29 is 0 Å². The van der Waals surface area contributed by atoms with Crippen LogP contribution in [0.3, 0.4) is 0 Å². The van der Waals surface area contributed by atoms with E-state index in [1.54, 1.807) is 11.1 Å². The first-order valence-electron chi connectivity index (χ1n) is 25.5. The van der Waals surface area contributed by atoms with Gasteiger partial charge < -0.3 is 0 Å². The van der Waals surface area contributed by atoms with E-state index in [2.05, 4.69) is 79.7 Å². The van der Waals surface area contributed by atoms with E-state index in [4.69, 9.17) is 0 Å². The van der Waals surface area contributed by atoms with E-state index >= 15 is 0 Å². The highest BCUT2D eigenvalue weighted by molar-refractivity contribution is 6.20. The average Bonchev–Trinajstić information content (AvgIpc) is 3.00. The Hall–Kier alpha value is -0.650. The predicted molar refractivity (Wildman–Crippen MR) is 241 cm³/mol. The highest BCUT2D eigenvalue weighted by Crippen LogP contribution is 2.85. The Kier molecular flexibility index (Phi) is 6.74. The summed E-state index contributed by atoms with van der Waals surface area (Å²) in [6.45, 7) is 21.9. The minimum Gasteiger partial charge on any atom is -0.0620 e. The third-order valence-electron chi connectivity index (χ3n) is 23.6. The summed E-state index contributed by atoms with van der Waals surface area (Å²) in [5.41, 5.74) is 7.06. The minimum atomic E-state index is -0.378. The molecule has 1 aromatic carbocycles. The largest absolute Gasteiger partial charge is 0.0825 e. The van der Waals surface area contributed by atoms with E-state index in [1.165, 1.54) is 154 Å². The van der Waals surface area contributed by atoms with Crippen LogP contribution < -0.4 is 0 Å². The van der Waals surface area contributed by atoms with Gasteiger partial charge in [-0.1, -0.05) is 79.7 Å². The van der Waals surface area contributed by atoms with Crippen LogP contribution in [-0.2, 0) is 10.6 Å². The van der Waals surface area contributed by atoms with Crippen molar-refractivity contribution in [1.82, 2.24) is 0 Å². The second-order valence-electron chi connectivity index (χ2n) is 30.8. The smallest absolute Gasteiger partial charge is 0.0620 e. The van der Waals surface area contributed by atoms with Crippen LogP contribution in [0.2, 0.25) is 0 Å². The number of benzene rings is 1. The van der Waals surface area contributed by atoms with Gasteiger partial charge in [0.2, 0.25) is 0 Å². The van der Waals surface area contributed by atoms with Gasteiger partial charge in [-0.05, 0) is 265 Å². The van der Waals surface area contributed by atoms with E-state index in [0.717, 1.165) is 23.7 Å². The number of rotatable bonds is 6. The van der Waals surface area contributed by atoms with Gasteiger partial charge in [-0.3, -0.25) is 0 Å². The Bertz CT molecular complexity index is 1680. The first-order valence-corrected chi connectivity index (χ1v) is 25.5. The first-order chi connectivity index (χ1) is 26.9. The second kappa shape index (κ2) is 10.3. The molecule has 0 aliphatic heterocycles. The van der Waals surface area contributed by atoms with E-state index in [0.29, 0.717) is 43.3 Å². The van der Waals surface area contributed by atoms with Crippen molar-refractivity contribution in [3.8, 4) is 0 Å². The van der Waals surface area contributed by atoms with Gasteiger partial charge in [0.1, 0.15) is 0 Å². The zero-order valence-electron chi connectivity index (χ0n) is 38.7. The third kappa shape index (κ3) is 4.51. The van der Waals surface area contributed by atoms with Gasteiger partial charge in [0.25, 0.3) is 0 Å². The fourth-order valence-electron chi connectivity index (χ4n) is 27.0. The fraction of sp³-hybridized carbons (Fsp3) is 0.893. The maximum Gasteiger partial charge on any atom is 0.0825 e. The number of hydrogen-bond donors (Lipinski definition) is 0. The summed E-state index contributed by atoms with van der Waals surface area (Å²) < 4.78 is 0. The van der Waals surface area contributed by atoms with Gasteiger partial charge in [-0.15, -0.1) is 0 Å². The Balaban J connectivity index is 1.10. The molecular formula is C56H80B2. The molecule has 0 amide bonds. The topological polar surface area (TPSA) is 0 Å². The summed E-state index contributed by atoms with van der Waals surface area (Å²) in [7, 11) is 18.8. The molecule has 0 saturated heterocycles. The van der Waals surface area contributed by atoms with Crippen LogP contribution in [0.5, 0.6) is 0 Å². The third-order valence-corrected chi connectivity index (χ3v) is 23.6. The highest BCUT2D eigenvalue weighted by Gasteiger charge is 2.77. The average molecular weight is 775 g/mol.